The molecular formula is C17H17BrFNO. The fraction of sp³-hybridized carbons (Fsp3) is 0.235. The molecule has 0 atom stereocenters. The average molecular weight is 350 g/mol. The first-order chi connectivity index (χ1) is 9.79. The smallest absolute Gasteiger partial charge is 0.255 e. The molecule has 2 aromatic carbocycles. The molecule has 2 nitrogen and oxygen atoms in total. The number of benzene rings is 2. The van der Waals surface area contributed by atoms with Crippen LogP contribution in [0.5, 0.6) is 0 Å². The lowest BCUT2D eigenvalue weighted by molar-refractivity contribution is 0.102. The van der Waals surface area contributed by atoms with E-state index in [1.807, 2.05) is 24.3 Å². The molecule has 0 saturated heterocycles. The minimum absolute atomic E-state index is 0.0761. The summed E-state index contributed by atoms with van der Waals surface area (Å²) in [5.41, 5.74) is 2.16. The van der Waals surface area contributed by atoms with Crippen molar-refractivity contribution in [2.24, 2.45) is 0 Å². The predicted molar refractivity (Wildman–Crippen MR) is 87.2 cm³/mol. The summed E-state index contributed by atoms with van der Waals surface area (Å²) in [5, 5.41) is 2.90. The third-order valence-corrected chi connectivity index (χ3v) is 3.77. The number of rotatable bonds is 2. The van der Waals surface area contributed by atoms with Crippen LogP contribution in [-0.2, 0) is 5.41 Å². The normalized spacial score (nSPS) is 11.3. The number of anilines is 1. The van der Waals surface area contributed by atoms with E-state index in [9.17, 15) is 9.18 Å². The van der Waals surface area contributed by atoms with Crippen molar-refractivity contribution >= 4 is 27.5 Å². The molecule has 0 aliphatic heterocycles. The number of halogens is 2. The number of hydrogen-bond acceptors (Lipinski definition) is 1. The number of carbonyl (C=O) groups is 1. The van der Waals surface area contributed by atoms with Crippen molar-refractivity contribution in [2.45, 2.75) is 26.2 Å². The van der Waals surface area contributed by atoms with Gasteiger partial charge in [-0.15, -0.1) is 0 Å². The van der Waals surface area contributed by atoms with Gasteiger partial charge < -0.3 is 5.32 Å². The fourth-order valence-electron chi connectivity index (χ4n) is 2.08. The van der Waals surface area contributed by atoms with Crippen molar-refractivity contribution in [3.05, 3.63) is 63.9 Å². The summed E-state index contributed by atoms with van der Waals surface area (Å²) in [6, 6.07) is 11.9. The molecule has 0 heterocycles. The zero-order valence-corrected chi connectivity index (χ0v) is 13.8. The standard InChI is InChI=1S/C17H17BrFNO/c1-17(2,3)12-6-4-5-7-15(12)20-16(21)11-8-9-14(19)13(18)10-11/h4-10H,1-3H3,(H,20,21). The second-order valence-corrected chi connectivity index (χ2v) is 6.73. The second-order valence-electron chi connectivity index (χ2n) is 5.88. The van der Waals surface area contributed by atoms with E-state index < -0.39 is 0 Å². The van der Waals surface area contributed by atoms with E-state index >= 15 is 0 Å². The monoisotopic (exact) mass is 349 g/mol. The van der Waals surface area contributed by atoms with Gasteiger partial charge in [0, 0.05) is 11.3 Å². The van der Waals surface area contributed by atoms with E-state index in [0.717, 1.165) is 11.3 Å². The summed E-state index contributed by atoms with van der Waals surface area (Å²) in [4.78, 5) is 12.3. The third-order valence-electron chi connectivity index (χ3n) is 3.17. The van der Waals surface area contributed by atoms with Crippen LogP contribution < -0.4 is 5.32 Å². The van der Waals surface area contributed by atoms with Crippen molar-refractivity contribution in [3.8, 4) is 0 Å². The van der Waals surface area contributed by atoms with Gasteiger partial charge in [0.25, 0.3) is 5.91 Å². The van der Waals surface area contributed by atoms with Crippen molar-refractivity contribution in [2.75, 3.05) is 5.32 Å². The second kappa shape index (κ2) is 5.98. The molecule has 0 radical (unpaired) electrons. The SMILES string of the molecule is CC(C)(C)c1ccccc1NC(=O)c1ccc(F)c(Br)c1. The molecule has 110 valence electrons. The Morgan fingerprint density at radius 3 is 2.43 bits per heavy atom. The maximum atomic E-state index is 13.2. The zero-order chi connectivity index (χ0) is 15.6. The van der Waals surface area contributed by atoms with Gasteiger partial charge in [-0.2, -0.15) is 0 Å². The molecule has 0 aromatic heterocycles. The summed E-state index contributed by atoms with van der Waals surface area (Å²) in [6.45, 7) is 6.27. The van der Waals surface area contributed by atoms with Gasteiger partial charge in [0.1, 0.15) is 5.82 Å². The van der Waals surface area contributed by atoms with Crippen molar-refractivity contribution in [1.29, 1.82) is 0 Å². The number of nitrogens with one attached hydrogen (secondary N) is 1. The molecule has 0 unspecified atom stereocenters. The van der Waals surface area contributed by atoms with E-state index in [1.54, 1.807) is 0 Å². The number of hydrogen-bond donors (Lipinski definition) is 1. The molecule has 4 heteroatoms. The average Bonchev–Trinajstić information content (AvgIpc) is 2.41. The molecular weight excluding hydrogens is 333 g/mol. The summed E-state index contributed by atoms with van der Waals surface area (Å²) >= 11 is 3.09. The van der Waals surface area contributed by atoms with E-state index in [2.05, 4.69) is 42.0 Å². The van der Waals surface area contributed by atoms with Crippen LogP contribution in [-0.4, -0.2) is 5.91 Å². The largest absolute Gasteiger partial charge is 0.322 e. The fourth-order valence-corrected chi connectivity index (χ4v) is 2.46. The number of para-hydroxylation sites is 1. The molecule has 0 aliphatic rings. The van der Waals surface area contributed by atoms with Gasteiger partial charge in [0.15, 0.2) is 0 Å². The van der Waals surface area contributed by atoms with Gasteiger partial charge >= 0.3 is 0 Å². The van der Waals surface area contributed by atoms with Crippen molar-refractivity contribution < 1.29 is 9.18 Å². The van der Waals surface area contributed by atoms with Crippen LogP contribution in [0.4, 0.5) is 10.1 Å². The van der Waals surface area contributed by atoms with E-state index in [4.69, 9.17) is 0 Å². The van der Waals surface area contributed by atoms with E-state index in [0.29, 0.717) is 5.56 Å². The predicted octanol–water partition coefficient (Wildman–Crippen LogP) is 5.14. The first kappa shape index (κ1) is 15.7. The summed E-state index contributed by atoms with van der Waals surface area (Å²) in [7, 11) is 0. The number of amides is 1. The Bertz CT molecular complexity index is 677. The molecule has 2 rings (SSSR count). The van der Waals surface area contributed by atoms with Gasteiger partial charge in [0.05, 0.1) is 4.47 Å². The summed E-state index contributed by atoms with van der Waals surface area (Å²) < 4.78 is 13.5. The van der Waals surface area contributed by atoms with Crippen molar-refractivity contribution in [1.82, 2.24) is 0 Å². The van der Waals surface area contributed by atoms with Gasteiger partial charge in [-0.1, -0.05) is 39.0 Å². The maximum absolute atomic E-state index is 13.2. The maximum Gasteiger partial charge on any atom is 0.255 e. The first-order valence-corrected chi connectivity index (χ1v) is 7.44. The highest BCUT2D eigenvalue weighted by atomic mass is 79.9. The quantitative estimate of drug-likeness (QED) is 0.799. The lowest BCUT2D eigenvalue weighted by Crippen LogP contribution is -2.18. The number of carbonyl (C=O) groups excluding carboxylic acids is 1. The molecule has 0 saturated carbocycles. The Hall–Kier alpha value is -1.68. The molecule has 1 amide bonds. The highest BCUT2D eigenvalue weighted by Gasteiger charge is 2.19. The molecule has 0 aliphatic carbocycles. The highest BCUT2D eigenvalue weighted by molar-refractivity contribution is 9.10. The van der Waals surface area contributed by atoms with Crippen LogP contribution in [0.1, 0.15) is 36.7 Å². The topological polar surface area (TPSA) is 29.1 Å². The molecule has 21 heavy (non-hydrogen) atoms. The van der Waals surface area contributed by atoms with Crippen LogP contribution >= 0.6 is 15.9 Å². The van der Waals surface area contributed by atoms with E-state index in [-0.39, 0.29) is 21.6 Å². The van der Waals surface area contributed by atoms with Gasteiger partial charge in [-0.25, -0.2) is 4.39 Å². The Morgan fingerprint density at radius 2 is 1.81 bits per heavy atom. The van der Waals surface area contributed by atoms with E-state index in [1.165, 1.54) is 18.2 Å². The van der Waals surface area contributed by atoms with Gasteiger partial charge in [-0.05, 0) is 51.2 Å². The summed E-state index contributed by atoms with van der Waals surface area (Å²) in [6.07, 6.45) is 0. The molecule has 1 N–H and O–H groups in total. The molecule has 0 fully saturated rings. The minimum Gasteiger partial charge on any atom is -0.322 e. The van der Waals surface area contributed by atoms with Crippen molar-refractivity contribution in [3.63, 3.8) is 0 Å². The Balaban J connectivity index is 2.30. The van der Waals surface area contributed by atoms with Crippen LogP contribution in [0, 0.1) is 5.82 Å². The Morgan fingerprint density at radius 1 is 1.14 bits per heavy atom. The first-order valence-electron chi connectivity index (χ1n) is 6.65. The molecule has 0 bridgehead atoms. The molecule has 2 aromatic rings. The summed E-state index contributed by atoms with van der Waals surface area (Å²) in [5.74, 6) is -0.644. The highest BCUT2D eigenvalue weighted by Crippen LogP contribution is 2.29. The lowest BCUT2D eigenvalue weighted by atomic mass is 9.86. The zero-order valence-electron chi connectivity index (χ0n) is 12.2. The van der Waals surface area contributed by atoms with Crippen LogP contribution in [0.25, 0.3) is 0 Å². The lowest BCUT2D eigenvalue weighted by Gasteiger charge is -2.23. The van der Waals surface area contributed by atoms with Gasteiger partial charge in [0.2, 0.25) is 0 Å². The Kier molecular flexibility index (Phi) is 4.47. The minimum atomic E-state index is -0.387. The van der Waals surface area contributed by atoms with Crippen LogP contribution in [0.15, 0.2) is 46.9 Å². The third kappa shape index (κ3) is 3.70. The Labute approximate surface area is 132 Å². The van der Waals surface area contributed by atoms with Crippen LogP contribution in [0.2, 0.25) is 0 Å². The molecule has 0 spiro atoms. The van der Waals surface area contributed by atoms with Crippen LogP contribution in [0.3, 0.4) is 0 Å². The van der Waals surface area contributed by atoms with Gasteiger partial charge in [-0.3, -0.25) is 4.79 Å².